The third-order valence-corrected chi connectivity index (χ3v) is 4.54. The minimum Gasteiger partial charge on any atom is -0.357 e. The van der Waals surface area contributed by atoms with Crippen LogP contribution in [0.5, 0.6) is 0 Å². The van der Waals surface area contributed by atoms with Gasteiger partial charge in [0.1, 0.15) is 0 Å². The summed E-state index contributed by atoms with van der Waals surface area (Å²) in [5, 5.41) is 5.79. The minimum absolute atomic E-state index is 0.0398. The number of carbonyl (C=O) groups excluding carboxylic acids is 1. The Morgan fingerprint density at radius 2 is 2.00 bits per heavy atom. The molecule has 0 atom stereocenters. The summed E-state index contributed by atoms with van der Waals surface area (Å²) in [6, 6.07) is 7.65. The molecule has 0 bridgehead atoms. The lowest BCUT2D eigenvalue weighted by atomic mass is 10.1. The van der Waals surface area contributed by atoms with Crippen molar-refractivity contribution in [2.45, 2.75) is 26.2 Å². The highest BCUT2D eigenvalue weighted by Crippen LogP contribution is 2.32. The van der Waals surface area contributed by atoms with E-state index in [0.717, 1.165) is 22.5 Å². The van der Waals surface area contributed by atoms with Gasteiger partial charge >= 0.3 is 0 Å². The molecule has 2 aromatic rings. The van der Waals surface area contributed by atoms with Crippen molar-refractivity contribution < 1.29 is 4.79 Å². The van der Waals surface area contributed by atoms with Crippen LogP contribution in [0.4, 0.5) is 11.6 Å². The number of likely N-dealkylation sites (tertiary alicyclic amines) is 1. The summed E-state index contributed by atoms with van der Waals surface area (Å²) < 4.78 is 0. The van der Waals surface area contributed by atoms with Gasteiger partial charge in [-0.15, -0.1) is 0 Å². The van der Waals surface area contributed by atoms with Crippen molar-refractivity contribution in [3.63, 3.8) is 0 Å². The first-order chi connectivity index (χ1) is 12.2. The Morgan fingerprint density at radius 1 is 1.24 bits per heavy atom. The Morgan fingerprint density at radius 3 is 2.68 bits per heavy atom. The van der Waals surface area contributed by atoms with Crippen molar-refractivity contribution in [3.05, 3.63) is 36.0 Å². The van der Waals surface area contributed by atoms with Crippen LogP contribution in [-0.4, -0.2) is 47.5 Å². The number of para-hydroxylation sites is 1. The van der Waals surface area contributed by atoms with Crippen molar-refractivity contribution in [1.29, 1.82) is 0 Å². The maximum atomic E-state index is 11.8. The number of hydrogen-bond acceptors (Lipinski definition) is 5. The van der Waals surface area contributed by atoms with Gasteiger partial charge in [0.2, 0.25) is 11.9 Å². The molecule has 1 fully saturated rings. The fraction of sp³-hybridized carbons (Fsp3) is 0.421. The average Bonchev–Trinajstić information content (AvgIpc) is 3.12. The maximum absolute atomic E-state index is 11.8. The molecular formula is C19H25N5O. The molecule has 4 rings (SSSR count). The van der Waals surface area contributed by atoms with E-state index < -0.39 is 0 Å². The van der Waals surface area contributed by atoms with E-state index in [1.807, 2.05) is 24.3 Å². The second-order valence-corrected chi connectivity index (χ2v) is 6.23. The van der Waals surface area contributed by atoms with Crippen molar-refractivity contribution in [2.75, 3.05) is 37.3 Å². The third kappa shape index (κ3) is 4.14. The zero-order valence-electron chi connectivity index (χ0n) is 14.9. The second-order valence-electron chi connectivity index (χ2n) is 6.23. The van der Waals surface area contributed by atoms with E-state index in [2.05, 4.69) is 32.4 Å². The minimum atomic E-state index is -0.0398. The van der Waals surface area contributed by atoms with E-state index >= 15 is 0 Å². The Hall–Kier alpha value is -2.47. The van der Waals surface area contributed by atoms with E-state index in [1.165, 1.54) is 32.5 Å². The maximum Gasteiger partial charge on any atom is 0.228 e. The number of fused-ring (bicyclic) bond motifs is 3. The van der Waals surface area contributed by atoms with Crippen LogP contribution in [0.2, 0.25) is 0 Å². The molecule has 0 radical (unpaired) electrons. The predicted molar refractivity (Wildman–Crippen MR) is 101 cm³/mol. The lowest BCUT2D eigenvalue weighted by Gasteiger charge is -2.08. The van der Waals surface area contributed by atoms with Crippen LogP contribution in [0.1, 0.15) is 25.3 Å². The largest absolute Gasteiger partial charge is 0.357 e. The molecule has 6 nitrogen and oxygen atoms in total. The number of carbonyl (C=O) groups is 1. The Kier molecular flexibility index (Phi) is 5.60. The number of nitrogens with one attached hydrogen (secondary N) is 2. The quantitative estimate of drug-likeness (QED) is 0.880. The molecule has 0 saturated carbocycles. The van der Waals surface area contributed by atoms with E-state index in [-0.39, 0.29) is 5.91 Å². The van der Waals surface area contributed by atoms with Gasteiger partial charge in [-0.1, -0.05) is 25.1 Å². The highest BCUT2D eigenvalue weighted by Gasteiger charge is 2.20. The van der Waals surface area contributed by atoms with Gasteiger partial charge < -0.3 is 15.5 Å². The SMILES string of the molecule is CCN1CCCC1.CNc1ncc2c(n1)-c1ccccc1NC(=O)C2. The molecule has 0 unspecified atom stereocenters. The summed E-state index contributed by atoms with van der Waals surface area (Å²) >= 11 is 0. The normalized spacial score (nSPS) is 16.0. The number of amides is 1. The number of rotatable bonds is 2. The summed E-state index contributed by atoms with van der Waals surface area (Å²) in [7, 11) is 1.77. The summed E-state index contributed by atoms with van der Waals surface area (Å²) in [6.45, 7) is 6.16. The van der Waals surface area contributed by atoms with Crippen molar-refractivity contribution >= 4 is 17.5 Å². The van der Waals surface area contributed by atoms with E-state index in [1.54, 1.807) is 13.2 Å². The van der Waals surface area contributed by atoms with E-state index in [4.69, 9.17) is 0 Å². The first-order valence-electron chi connectivity index (χ1n) is 8.86. The highest BCUT2D eigenvalue weighted by atomic mass is 16.1. The number of benzene rings is 1. The summed E-state index contributed by atoms with van der Waals surface area (Å²) in [5.74, 6) is 0.514. The van der Waals surface area contributed by atoms with Crippen LogP contribution in [0.3, 0.4) is 0 Å². The molecule has 2 aliphatic rings. The Balaban J connectivity index is 0.000000219. The molecular weight excluding hydrogens is 314 g/mol. The molecule has 1 aromatic carbocycles. The molecule has 25 heavy (non-hydrogen) atoms. The van der Waals surface area contributed by atoms with Crippen LogP contribution >= 0.6 is 0 Å². The van der Waals surface area contributed by atoms with Crippen LogP contribution in [0.15, 0.2) is 30.5 Å². The standard InChI is InChI=1S/C13H12N4O.C6H13N/c1-14-13-15-7-8-6-11(18)16-10-5-3-2-4-9(10)12(8)17-13;1-2-7-5-3-4-6-7/h2-5,7H,6H2,1H3,(H,16,18)(H,14,15,17);2-6H2,1H3. The summed E-state index contributed by atoms with van der Waals surface area (Å²) in [4.78, 5) is 22.9. The first-order valence-corrected chi connectivity index (χ1v) is 8.86. The van der Waals surface area contributed by atoms with Gasteiger partial charge in [-0.25, -0.2) is 9.97 Å². The van der Waals surface area contributed by atoms with Gasteiger partial charge in [-0.2, -0.15) is 0 Å². The average molecular weight is 339 g/mol. The van der Waals surface area contributed by atoms with Gasteiger partial charge in [0, 0.05) is 24.4 Å². The first kappa shape index (κ1) is 17.4. The van der Waals surface area contributed by atoms with Gasteiger partial charge in [0.15, 0.2) is 0 Å². The Labute approximate surface area is 148 Å². The van der Waals surface area contributed by atoms with Gasteiger partial charge in [0.25, 0.3) is 0 Å². The number of hydrogen-bond donors (Lipinski definition) is 2. The number of nitrogens with zero attached hydrogens (tertiary/aromatic N) is 3. The van der Waals surface area contributed by atoms with Crippen LogP contribution in [-0.2, 0) is 11.2 Å². The number of aromatic nitrogens is 2. The fourth-order valence-electron chi connectivity index (χ4n) is 3.15. The smallest absolute Gasteiger partial charge is 0.228 e. The van der Waals surface area contributed by atoms with Crippen LogP contribution in [0.25, 0.3) is 11.3 Å². The van der Waals surface area contributed by atoms with E-state index in [9.17, 15) is 4.79 Å². The monoisotopic (exact) mass is 339 g/mol. The van der Waals surface area contributed by atoms with Crippen LogP contribution < -0.4 is 10.6 Å². The molecule has 6 heteroatoms. The second kappa shape index (κ2) is 8.07. The molecule has 3 heterocycles. The molecule has 2 aliphatic heterocycles. The molecule has 2 N–H and O–H groups in total. The zero-order chi connectivity index (χ0) is 17.6. The predicted octanol–water partition coefficient (Wildman–Crippen LogP) is 2.78. The molecule has 1 saturated heterocycles. The van der Waals surface area contributed by atoms with Gasteiger partial charge in [0.05, 0.1) is 17.8 Å². The lowest BCUT2D eigenvalue weighted by Crippen LogP contribution is -2.17. The fourth-order valence-corrected chi connectivity index (χ4v) is 3.15. The van der Waals surface area contributed by atoms with E-state index in [0.29, 0.717) is 12.4 Å². The molecule has 1 amide bonds. The topological polar surface area (TPSA) is 70.2 Å². The lowest BCUT2D eigenvalue weighted by molar-refractivity contribution is -0.115. The van der Waals surface area contributed by atoms with Crippen molar-refractivity contribution in [2.24, 2.45) is 0 Å². The molecule has 0 aliphatic carbocycles. The Bertz CT molecular complexity index is 740. The molecule has 0 spiro atoms. The number of anilines is 2. The zero-order valence-corrected chi connectivity index (χ0v) is 14.9. The van der Waals surface area contributed by atoms with Crippen molar-refractivity contribution in [3.8, 4) is 11.3 Å². The van der Waals surface area contributed by atoms with Crippen molar-refractivity contribution in [1.82, 2.24) is 14.9 Å². The van der Waals surface area contributed by atoms with Crippen LogP contribution in [0, 0.1) is 0 Å². The molecule has 1 aromatic heterocycles. The third-order valence-electron chi connectivity index (χ3n) is 4.54. The summed E-state index contributed by atoms with van der Waals surface area (Å²) in [5.41, 5.74) is 3.37. The van der Waals surface area contributed by atoms with Gasteiger partial charge in [-0.05, 0) is 38.5 Å². The molecule has 132 valence electrons. The highest BCUT2D eigenvalue weighted by molar-refractivity contribution is 5.99. The van der Waals surface area contributed by atoms with Gasteiger partial charge in [-0.3, -0.25) is 4.79 Å². The summed E-state index contributed by atoms with van der Waals surface area (Å²) in [6.07, 6.45) is 4.85.